The molecule has 2 atom stereocenters. The Bertz CT molecular complexity index is 226. The molecule has 0 spiro atoms. The molecule has 3 heteroatoms. The van der Waals surface area contributed by atoms with Crippen molar-refractivity contribution in [2.45, 2.75) is 46.0 Å². The molecule has 2 unspecified atom stereocenters. The Morgan fingerprint density at radius 1 is 1.60 bits per heavy atom. The number of carboxylic acid groups (broad SMARTS) is 1. The van der Waals surface area contributed by atoms with Crippen LogP contribution in [0.25, 0.3) is 0 Å². The summed E-state index contributed by atoms with van der Waals surface area (Å²) in [6.07, 6.45) is 5.05. The summed E-state index contributed by atoms with van der Waals surface area (Å²) in [6.45, 7) is 4.57. The lowest BCUT2D eigenvalue weighted by molar-refractivity contribution is -0.151. The summed E-state index contributed by atoms with van der Waals surface area (Å²) in [5, 5.41) is 9.37. The molecule has 0 bridgehead atoms. The highest BCUT2D eigenvalue weighted by atomic mass is 16.4. The number of hydrogen-bond acceptors (Lipinski definition) is 2. The molecule has 1 saturated carbocycles. The maximum Gasteiger partial charge on any atom is 0.311 e. The fraction of sp³-hybridized carbons (Fsp3) is 0.917. The van der Waals surface area contributed by atoms with Gasteiger partial charge in [0.25, 0.3) is 0 Å². The summed E-state index contributed by atoms with van der Waals surface area (Å²) in [6, 6.07) is 0. The quantitative estimate of drug-likeness (QED) is 0.681. The normalized spacial score (nSPS) is 22.1. The minimum Gasteiger partial charge on any atom is -0.481 e. The van der Waals surface area contributed by atoms with Crippen LogP contribution in [0.5, 0.6) is 0 Å². The molecule has 3 N–H and O–H groups in total. The van der Waals surface area contributed by atoms with E-state index in [9.17, 15) is 9.90 Å². The molecule has 0 aromatic carbocycles. The van der Waals surface area contributed by atoms with Gasteiger partial charge in [-0.05, 0) is 31.1 Å². The maximum atomic E-state index is 11.4. The van der Waals surface area contributed by atoms with E-state index in [0.29, 0.717) is 18.4 Å². The van der Waals surface area contributed by atoms with Crippen molar-refractivity contribution >= 4 is 5.97 Å². The Morgan fingerprint density at radius 3 is 2.53 bits per heavy atom. The van der Waals surface area contributed by atoms with E-state index in [1.165, 1.54) is 0 Å². The molecule has 0 amide bonds. The zero-order chi connectivity index (χ0) is 11.5. The molecular formula is C12H23NO2. The molecule has 15 heavy (non-hydrogen) atoms. The van der Waals surface area contributed by atoms with Crippen LogP contribution in [0.4, 0.5) is 0 Å². The number of carboxylic acids is 1. The van der Waals surface area contributed by atoms with E-state index in [-0.39, 0.29) is 0 Å². The summed E-state index contributed by atoms with van der Waals surface area (Å²) < 4.78 is 0. The van der Waals surface area contributed by atoms with Crippen LogP contribution in [0.1, 0.15) is 46.0 Å². The molecule has 1 fully saturated rings. The second-order valence-electron chi connectivity index (χ2n) is 5.04. The van der Waals surface area contributed by atoms with Gasteiger partial charge >= 0.3 is 5.97 Å². The van der Waals surface area contributed by atoms with Crippen molar-refractivity contribution in [3.8, 4) is 0 Å². The predicted octanol–water partition coefficient (Wildman–Crippen LogP) is 2.25. The third-order valence-corrected chi connectivity index (χ3v) is 3.64. The molecule has 1 aliphatic carbocycles. The van der Waals surface area contributed by atoms with Crippen LogP contribution in [-0.4, -0.2) is 17.6 Å². The van der Waals surface area contributed by atoms with Gasteiger partial charge in [0.15, 0.2) is 0 Å². The molecule has 0 aliphatic heterocycles. The van der Waals surface area contributed by atoms with E-state index in [4.69, 9.17) is 5.73 Å². The fourth-order valence-electron chi connectivity index (χ4n) is 2.62. The Labute approximate surface area is 92.0 Å². The molecule has 0 saturated heterocycles. The lowest BCUT2D eigenvalue weighted by Gasteiger charge is -2.30. The number of rotatable bonds is 7. The van der Waals surface area contributed by atoms with Crippen molar-refractivity contribution in [1.29, 1.82) is 0 Å². The molecule has 1 rings (SSSR count). The fourth-order valence-corrected chi connectivity index (χ4v) is 2.62. The van der Waals surface area contributed by atoms with E-state index < -0.39 is 11.4 Å². The van der Waals surface area contributed by atoms with Crippen LogP contribution in [0, 0.1) is 17.3 Å². The molecule has 0 heterocycles. The van der Waals surface area contributed by atoms with Gasteiger partial charge in [-0.15, -0.1) is 0 Å². The maximum absolute atomic E-state index is 11.4. The van der Waals surface area contributed by atoms with Gasteiger partial charge in [0.05, 0.1) is 5.41 Å². The van der Waals surface area contributed by atoms with E-state index in [1.54, 1.807) is 0 Å². The van der Waals surface area contributed by atoms with Crippen molar-refractivity contribution in [2.75, 3.05) is 6.54 Å². The van der Waals surface area contributed by atoms with Gasteiger partial charge in [-0.3, -0.25) is 4.79 Å². The largest absolute Gasteiger partial charge is 0.481 e. The van der Waals surface area contributed by atoms with Gasteiger partial charge in [0.2, 0.25) is 0 Å². The highest BCUT2D eigenvalue weighted by molar-refractivity contribution is 5.76. The standard InChI is InChI=1S/C12H23NO2/c1-3-4-9(2)7-12(8-13,11(14)15)10-5-6-10/h9-10H,3-8,13H2,1-2H3,(H,14,15). The van der Waals surface area contributed by atoms with E-state index >= 15 is 0 Å². The zero-order valence-electron chi connectivity index (χ0n) is 9.83. The summed E-state index contributed by atoms with van der Waals surface area (Å²) in [4.78, 5) is 11.4. The second kappa shape index (κ2) is 4.97. The predicted molar refractivity (Wildman–Crippen MR) is 60.5 cm³/mol. The summed E-state index contributed by atoms with van der Waals surface area (Å²) in [7, 11) is 0. The van der Waals surface area contributed by atoms with Gasteiger partial charge in [-0.1, -0.05) is 26.7 Å². The lowest BCUT2D eigenvalue weighted by Crippen LogP contribution is -2.42. The van der Waals surface area contributed by atoms with Crippen LogP contribution < -0.4 is 5.73 Å². The first-order valence-corrected chi connectivity index (χ1v) is 6.00. The van der Waals surface area contributed by atoms with Gasteiger partial charge in [0, 0.05) is 6.54 Å². The Morgan fingerprint density at radius 2 is 2.20 bits per heavy atom. The molecule has 88 valence electrons. The van der Waals surface area contributed by atoms with Crippen LogP contribution in [0.2, 0.25) is 0 Å². The van der Waals surface area contributed by atoms with E-state index in [0.717, 1.165) is 32.1 Å². The number of nitrogens with two attached hydrogens (primary N) is 1. The van der Waals surface area contributed by atoms with Crippen LogP contribution >= 0.6 is 0 Å². The first-order valence-electron chi connectivity index (χ1n) is 6.00. The molecule has 1 aliphatic rings. The lowest BCUT2D eigenvalue weighted by atomic mass is 9.74. The van der Waals surface area contributed by atoms with Crippen molar-refractivity contribution in [2.24, 2.45) is 23.0 Å². The van der Waals surface area contributed by atoms with Crippen LogP contribution in [0.3, 0.4) is 0 Å². The molecule has 0 radical (unpaired) electrons. The molecule has 3 nitrogen and oxygen atoms in total. The first-order chi connectivity index (χ1) is 7.06. The van der Waals surface area contributed by atoms with E-state index in [1.807, 2.05) is 0 Å². The van der Waals surface area contributed by atoms with Gasteiger partial charge in [-0.2, -0.15) is 0 Å². The summed E-state index contributed by atoms with van der Waals surface area (Å²) in [5.41, 5.74) is 5.08. The first kappa shape index (κ1) is 12.5. The molecule has 0 aromatic heterocycles. The Hall–Kier alpha value is -0.570. The number of aliphatic carboxylic acids is 1. The average Bonchev–Trinajstić information content (AvgIpc) is 2.97. The van der Waals surface area contributed by atoms with Gasteiger partial charge in [0.1, 0.15) is 0 Å². The van der Waals surface area contributed by atoms with Crippen LogP contribution in [-0.2, 0) is 4.79 Å². The van der Waals surface area contributed by atoms with Gasteiger partial charge in [-0.25, -0.2) is 0 Å². The third-order valence-electron chi connectivity index (χ3n) is 3.64. The van der Waals surface area contributed by atoms with Crippen LogP contribution in [0.15, 0.2) is 0 Å². The summed E-state index contributed by atoms with van der Waals surface area (Å²) >= 11 is 0. The third kappa shape index (κ3) is 2.71. The van der Waals surface area contributed by atoms with Crippen molar-refractivity contribution in [1.82, 2.24) is 0 Å². The minimum absolute atomic E-state index is 0.293. The van der Waals surface area contributed by atoms with Crippen molar-refractivity contribution in [3.05, 3.63) is 0 Å². The average molecular weight is 213 g/mol. The smallest absolute Gasteiger partial charge is 0.311 e. The zero-order valence-corrected chi connectivity index (χ0v) is 9.83. The second-order valence-corrected chi connectivity index (χ2v) is 5.04. The number of carbonyl (C=O) groups is 1. The highest BCUT2D eigenvalue weighted by Gasteiger charge is 2.50. The Balaban J connectivity index is 2.67. The monoisotopic (exact) mass is 213 g/mol. The van der Waals surface area contributed by atoms with Crippen molar-refractivity contribution in [3.63, 3.8) is 0 Å². The highest BCUT2D eigenvalue weighted by Crippen LogP contribution is 2.49. The number of hydrogen-bond donors (Lipinski definition) is 2. The molecule has 0 aromatic rings. The molecular weight excluding hydrogens is 190 g/mol. The summed E-state index contributed by atoms with van der Waals surface area (Å²) in [5.74, 6) is 0.116. The van der Waals surface area contributed by atoms with Crippen molar-refractivity contribution < 1.29 is 9.90 Å². The Kier molecular flexibility index (Phi) is 4.14. The van der Waals surface area contributed by atoms with E-state index in [2.05, 4.69) is 13.8 Å². The topological polar surface area (TPSA) is 63.3 Å². The SMILES string of the molecule is CCCC(C)CC(CN)(C(=O)O)C1CC1. The minimum atomic E-state index is -0.685. The van der Waals surface area contributed by atoms with Gasteiger partial charge < -0.3 is 10.8 Å².